The molecule has 4 saturated carbocycles. The largest absolute Gasteiger partial charge is 0.393 e. The number of rotatable bonds is 0. The Labute approximate surface area is 128 Å². The van der Waals surface area contributed by atoms with Gasteiger partial charge in [0.25, 0.3) is 0 Å². The molecule has 0 bridgehead atoms. The molecule has 7 atom stereocenters. The van der Waals surface area contributed by atoms with Crippen molar-refractivity contribution in [2.24, 2.45) is 34.5 Å². The fourth-order valence-electron chi connectivity index (χ4n) is 7.19. The van der Waals surface area contributed by atoms with E-state index in [4.69, 9.17) is 0 Å². The van der Waals surface area contributed by atoms with E-state index in [1.165, 1.54) is 38.5 Å². The van der Waals surface area contributed by atoms with Gasteiger partial charge in [-0.05, 0) is 67.6 Å². The molecule has 0 radical (unpaired) electrons. The van der Waals surface area contributed by atoms with Crippen molar-refractivity contribution < 1.29 is 9.90 Å². The summed E-state index contributed by atoms with van der Waals surface area (Å²) in [6.45, 7) is 4.62. The Bertz CT molecular complexity index is 458. The average Bonchev–Trinajstić information content (AvgIpc) is 2.73. The lowest BCUT2D eigenvalue weighted by atomic mass is 9.44. The van der Waals surface area contributed by atoms with E-state index in [2.05, 4.69) is 13.8 Å². The van der Waals surface area contributed by atoms with Gasteiger partial charge in [-0.25, -0.2) is 0 Å². The highest BCUT2D eigenvalue weighted by molar-refractivity contribution is 5.87. The zero-order chi connectivity index (χ0) is 14.8. The minimum Gasteiger partial charge on any atom is -0.393 e. The zero-order valence-corrected chi connectivity index (χ0v) is 13.6. The third kappa shape index (κ3) is 1.77. The van der Waals surface area contributed by atoms with Gasteiger partial charge in [-0.15, -0.1) is 0 Å². The lowest BCUT2D eigenvalue weighted by molar-refractivity contribution is -0.168. The minimum absolute atomic E-state index is 0.210. The van der Waals surface area contributed by atoms with E-state index in [1.54, 1.807) is 0 Å². The molecule has 1 N–H and O–H groups in total. The first-order valence-corrected chi connectivity index (χ1v) is 9.18. The third-order valence-electron chi connectivity index (χ3n) is 8.22. The van der Waals surface area contributed by atoms with Crippen molar-refractivity contribution in [1.29, 1.82) is 0 Å². The molecule has 4 fully saturated rings. The molecule has 0 aromatic heterocycles. The van der Waals surface area contributed by atoms with Gasteiger partial charge in [-0.2, -0.15) is 0 Å². The van der Waals surface area contributed by atoms with E-state index in [9.17, 15) is 9.90 Å². The summed E-state index contributed by atoms with van der Waals surface area (Å²) in [6, 6.07) is 0. The van der Waals surface area contributed by atoms with E-state index in [0.29, 0.717) is 29.0 Å². The lowest BCUT2D eigenvalue weighted by Gasteiger charge is -2.61. The Morgan fingerprint density at radius 1 is 1.10 bits per heavy atom. The summed E-state index contributed by atoms with van der Waals surface area (Å²) in [6.07, 6.45) is 10.3. The van der Waals surface area contributed by atoms with Crippen LogP contribution in [0.3, 0.4) is 0 Å². The highest BCUT2D eigenvalue weighted by Crippen LogP contribution is 2.65. The first-order valence-electron chi connectivity index (χ1n) is 9.18. The second kappa shape index (κ2) is 4.57. The molecule has 4 aliphatic rings. The van der Waals surface area contributed by atoms with Crippen molar-refractivity contribution in [3.63, 3.8) is 0 Å². The predicted octanol–water partition coefficient (Wildman–Crippen LogP) is 3.96. The van der Waals surface area contributed by atoms with Crippen molar-refractivity contribution in [3.05, 3.63) is 0 Å². The van der Waals surface area contributed by atoms with E-state index in [1.807, 2.05) is 0 Å². The Hall–Kier alpha value is -0.370. The average molecular weight is 290 g/mol. The van der Waals surface area contributed by atoms with Gasteiger partial charge in [-0.3, -0.25) is 4.79 Å². The Balaban J connectivity index is 1.71. The number of hydrogen-bond acceptors (Lipinski definition) is 2. The second-order valence-electron chi connectivity index (χ2n) is 8.97. The van der Waals surface area contributed by atoms with Gasteiger partial charge in [0.2, 0.25) is 0 Å². The zero-order valence-electron chi connectivity index (χ0n) is 13.6. The fraction of sp³-hybridized carbons (Fsp3) is 0.947. The summed E-state index contributed by atoms with van der Waals surface area (Å²) in [4.78, 5) is 12.4. The van der Waals surface area contributed by atoms with Crippen LogP contribution in [0.5, 0.6) is 0 Å². The van der Waals surface area contributed by atoms with Gasteiger partial charge in [0, 0.05) is 11.8 Å². The number of carbonyl (C=O) groups excluding carboxylic acids is 1. The van der Waals surface area contributed by atoms with Gasteiger partial charge in [-0.1, -0.05) is 26.7 Å². The number of aliphatic hydroxyl groups excluding tert-OH is 1. The van der Waals surface area contributed by atoms with Crippen molar-refractivity contribution in [2.75, 3.05) is 0 Å². The van der Waals surface area contributed by atoms with E-state index in [-0.39, 0.29) is 11.5 Å². The molecule has 0 spiro atoms. The number of hydrogen-bond donors (Lipinski definition) is 1. The first-order chi connectivity index (χ1) is 9.97. The van der Waals surface area contributed by atoms with Crippen molar-refractivity contribution in [1.82, 2.24) is 0 Å². The molecule has 2 nitrogen and oxygen atoms in total. The number of carbonyl (C=O) groups is 1. The molecule has 0 amide bonds. The van der Waals surface area contributed by atoms with Crippen molar-refractivity contribution in [2.45, 2.75) is 77.7 Å². The smallest absolute Gasteiger partial charge is 0.139 e. The van der Waals surface area contributed by atoms with Crippen LogP contribution in [0, 0.1) is 34.5 Å². The number of Topliss-reactive ketones (excluding diaryl/α,β-unsaturated/α-hetero) is 1. The topological polar surface area (TPSA) is 37.3 Å². The summed E-state index contributed by atoms with van der Waals surface area (Å²) in [7, 11) is 0. The molecule has 0 heterocycles. The minimum atomic E-state index is -0.246. The van der Waals surface area contributed by atoms with Crippen molar-refractivity contribution >= 4 is 5.78 Å². The summed E-state index contributed by atoms with van der Waals surface area (Å²) in [5.41, 5.74) is 0.131. The van der Waals surface area contributed by atoms with Crippen LogP contribution in [0.4, 0.5) is 0 Å². The van der Waals surface area contributed by atoms with Crippen molar-refractivity contribution in [3.8, 4) is 0 Å². The molecule has 2 heteroatoms. The summed E-state index contributed by atoms with van der Waals surface area (Å²) < 4.78 is 0. The van der Waals surface area contributed by atoms with Gasteiger partial charge in [0.15, 0.2) is 0 Å². The fourth-order valence-corrected chi connectivity index (χ4v) is 7.19. The molecule has 118 valence electrons. The quantitative estimate of drug-likeness (QED) is 0.733. The van der Waals surface area contributed by atoms with Crippen LogP contribution in [-0.2, 0) is 4.79 Å². The van der Waals surface area contributed by atoms with E-state index >= 15 is 0 Å². The monoisotopic (exact) mass is 290 g/mol. The Morgan fingerprint density at radius 2 is 1.90 bits per heavy atom. The highest BCUT2D eigenvalue weighted by Gasteiger charge is 2.62. The van der Waals surface area contributed by atoms with Crippen LogP contribution in [-0.4, -0.2) is 17.0 Å². The van der Waals surface area contributed by atoms with Crippen LogP contribution >= 0.6 is 0 Å². The molecular weight excluding hydrogens is 260 g/mol. The van der Waals surface area contributed by atoms with Gasteiger partial charge in [0.05, 0.1) is 6.10 Å². The lowest BCUT2D eigenvalue weighted by Crippen LogP contribution is -2.58. The van der Waals surface area contributed by atoms with Crippen LogP contribution in [0.15, 0.2) is 0 Å². The predicted molar refractivity (Wildman–Crippen MR) is 82.7 cm³/mol. The maximum Gasteiger partial charge on any atom is 0.139 e. The molecule has 0 aromatic carbocycles. The molecule has 21 heavy (non-hydrogen) atoms. The second-order valence-corrected chi connectivity index (χ2v) is 8.97. The molecule has 0 aromatic rings. The maximum absolute atomic E-state index is 12.4. The molecule has 0 aliphatic heterocycles. The van der Waals surface area contributed by atoms with Gasteiger partial charge >= 0.3 is 0 Å². The molecule has 4 rings (SSSR count). The molecule has 0 unspecified atom stereocenters. The van der Waals surface area contributed by atoms with E-state index < -0.39 is 0 Å². The Kier molecular flexibility index (Phi) is 3.10. The SMILES string of the molecule is C[C@]12CCCC[C@@H]1CC[C@@H]1[C@@H]2[C@@H](O)C[C@]2(C)C(=O)CC[C@@H]12. The number of ketones is 1. The van der Waals surface area contributed by atoms with Crippen LogP contribution < -0.4 is 0 Å². The molecule has 4 aliphatic carbocycles. The summed E-state index contributed by atoms with van der Waals surface area (Å²) in [5.74, 6) is 2.87. The maximum atomic E-state index is 12.4. The number of aliphatic hydroxyl groups is 1. The van der Waals surface area contributed by atoms with Crippen LogP contribution in [0.1, 0.15) is 71.6 Å². The third-order valence-corrected chi connectivity index (χ3v) is 8.22. The molecule has 0 saturated heterocycles. The van der Waals surface area contributed by atoms with Gasteiger partial charge in [0.1, 0.15) is 5.78 Å². The summed E-state index contributed by atoms with van der Waals surface area (Å²) in [5, 5.41) is 11.0. The molecular formula is C19H30O2. The van der Waals surface area contributed by atoms with Crippen LogP contribution in [0.2, 0.25) is 0 Å². The number of fused-ring (bicyclic) bond motifs is 5. The normalized spacial score (nSPS) is 56.5. The van der Waals surface area contributed by atoms with Gasteiger partial charge < -0.3 is 5.11 Å². The Morgan fingerprint density at radius 3 is 2.71 bits per heavy atom. The highest BCUT2D eigenvalue weighted by atomic mass is 16.3. The summed E-state index contributed by atoms with van der Waals surface area (Å²) >= 11 is 0. The van der Waals surface area contributed by atoms with Crippen LogP contribution in [0.25, 0.3) is 0 Å². The van der Waals surface area contributed by atoms with E-state index in [0.717, 1.165) is 25.2 Å². The first kappa shape index (κ1) is 14.2. The standard InChI is InChI=1S/C19H30O2/c1-18-10-4-3-5-12(18)6-7-13-14-8-9-16(21)19(14,2)11-15(20)17(13)18/h12-15,17,20H,3-11H2,1-2H3/t12-,13+,14+,15+,17-,18+,19+/m1/s1.